The highest BCUT2D eigenvalue weighted by Crippen LogP contribution is 2.13. The van der Waals surface area contributed by atoms with Crippen LogP contribution >= 0.6 is 11.6 Å². The van der Waals surface area contributed by atoms with Crippen LogP contribution < -0.4 is 11.2 Å². The normalized spacial score (nSPS) is 11.1. The second kappa shape index (κ2) is 5.28. The van der Waals surface area contributed by atoms with Crippen LogP contribution in [0.5, 0.6) is 0 Å². The fraction of sp³-hybridized carbons (Fsp3) is 0.462. The zero-order valence-electron chi connectivity index (χ0n) is 12.0. The fourth-order valence-electron chi connectivity index (χ4n) is 2.24. The van der Waals surface area contributed by atoms with Crippen LogP contribution in [0.25, 0.3) is 0 Å². The Labute approximate surface area is 121 Å². The lowest BCUT2D eigenvalue weighted by Crippen LogP contribution is -2.37. The monoisotopic (exact) mass is 296 g/mol. The van der Waals surface area contributed by atoms with Gasteiger partial charge in [-0.05, 0) is 20.3 Å². The maximum Gasteiger partial charge on any atom is 0.329 e. The maximum atomic E-state index is 12.3. The van der Waals surface area contributed by atoms with Crippen molar-refractivity contribution >= 4 is 11.6 Å². The van der Waals surface area contributed by atoms with Crippen molar-refractivity contribution < 1.29 is 0 Å². The number of aromatic nitrogens is 4. The summed E-state index contributed by atoms with van der Waals surface area (Å²) in [5, 5.41) is 4.41. The number of nitrogens with zero attached hydrogens (tertiary/aromatic N) is 3. The summed E-state index contributed by atoms with van der Waals surface area (Å²) in [5.41, 5.74) is 2.20. The largest absolute Gasteiger partial charge is 0.329 e. The van der Waals surface area contributed by atoms with Gasteiger partial charge in [0.15, 0.2) is 0 Å². The predicted molar refractivity (Wildman–Crippen MR) is 77.5 cm³/mol. The van der Waals surface area contributed by atoms with Crippen LogP contribution in [-0.4, -0.2) is 19.3 Å². The molecule has 0 bridgehead atoms. The smallest absolute Gasteiger partial charge is 0.297 e. The Morgan fingerprint density at radius 2 is 1.90 bits per heavy atom. The van der Waals surface area contributed by atoms with Gasteiger partial charge in [-0.3, -0.25) is 19.0 Å². The minimum atomic E-state index is -0.500. The zero-order chi connectivity index (χ0) is 15.0. The lowest BCUT2D eigenvalue weighted by atomic mass is 10.2. The first kappa shape index (κ1) is 14.6. The first-order chi connectivity index (χ1) is 9.36. The zero-order valence-corrected chi connectivity index (χ0v) is 12.7. The van der Waals surface area contributed by atoms with Crippen LogP contribution in [0.3, 0.4) is 0 Å². The van der Waals surface area contributed by atoms with Gasteiger partial charge in [-0.15, -0.1) is 0 Å². The topological polar surface area (TPSA) is 72.7 Å². The van der Waals surface area contributed by atoms with Gasteiger partial charge in [0, 0.05) is 18.3 Å². The molecule has 0 atom stereocenters. The van der Waals surface area contributed by atoms with Crippen molar-refractivity contribution in [2.24, 2.45) is 7.05 Å². The minimum absolute atomic E-state index is 0.124. The molecule has 0 amide bonds. The van der Waals surface area contributed by atoms with E-state index in [1.165, 1.54) is 4.57 Å². The van der Waals surface area contributed by atoms with E-state index in [4.69, 9.17) is 11.6 Å². The number of halogens is 1. The van der Waals surface area contributed by atoms with Crippen molar-refractivity contribution in [1.82, 2.24) is 19.3 Å². The highest BCUT2D eigenvalue weighted by molar-refractivity contribution is 6.30. The van der Waals surface area contributed by atoms with Gasteiger partial charge in [0.2, 0.25) is 0 Å². The summed E-state index contributed by atoms with van der Waals surface area (Å²) >= 11 is 5.89. The summed E-state index contributed by atoms with van der Waals surface area (Å²) in [6.07, 6.45) is 0.472. The van der Waals surface area contributed by atoms with Crippen molar-refractivity contribution in [3.8, 4) is 0 Å². The van der Waals surface area contributed by atoms with E-state index in [2.05, 4.69) is 10.1 Å². The highest BCUT2D eigenvalue weighted by Gasteiger charge is 2.15. The van der Waals surface area contributed by atoms with Gasteiger partial charge in [0.1, 0.15) is 5.15 Å². The molecular formula is C13H17ClN4O2. The third-order valence-corrected chi connectivity index (χ3v) is 3.88. The standard InChI is InChI=1S/C13H17ClN4O2/c1-5-9-11(14)15-13(20)18(12(9)19)6-10-7(2)16-17(4)8(10)3/h5-6H2,1-4H3,(H,15,20). The van der Waals surface area contributed by atoms with Crippen LogP contribution in [0, 0.1) is 13.8 Å². The van der Waals surface area contributed by atoms with E-state index in [-0.39, 0.29) is 17.3 Å². The van der Waals surface area contributed by atoms with Crippen LogP contribution in [0.2, 0.25) is 5.15 Å². The van der Waals surface area contributed by atoms with Crippen molar-refractivity contribution in [2.45, 2.75) is 33.7 Å². The number of H-pyrrole nitrogens is 1. The molecular weight excluding hydrogens is 280 g/mol. The molecule has 0 aliphatic carbocycles. The summed E-state index contributed by atoms with van der Waals surface area (Å²) in [6, 6.07) is 0. The molecule has 0 aromatic carbocycles. The molecule has 7 heteroatoms. The van der Waals surface area contributed by atoms with Gasteiger partial charge in [-0.2, -0.15) is 5.10 Å². The van der Waals surface area contributed by atoms with E-state index < -0.39 is 5.69 Å². The lowest BCUT2D eigenvalue weighted by Gasteiger charge is -2.08. The fourth-order valence-corrected chi connectivity index (χ4v) is 2.54. The molecule has 0 spiro atoms. The molecule has 1 N–H and O–H groups in total. The number of nitrogens with one attached hydrogen (secondary N) is 1. The van der Waals surface area contributed by atoms with Gasteiger partial charge >= 0.3 is 5.69 Å². The van der Waals surface area contributed by atoms with Gasteiger partial charge in [-0.25, -0.2) is 4.79 Å². The van der Waals surface area contributed by atoms with E-state index in [0.29, 0.717) is 12.0 Å². The SMILES string of the molecule is CCc1c(Cl)[nH]c(=O)n(Cc2c(C)nn(C)c2C)c1=O. The summed E-state index contributed by atoms with van der Waals surface area (Å²) < 4.78 is 2.91. The van der Waals surface area contributed by atoms with Crippen molar-refractivity contribution in [2.75, 3.05) is 0 Å². The Kier molecular flexibility index (Phi) is 3.85. The van der Waals surface area contributed by atoms with Gasteiger partial charge in [0.05, 0.1) is 17.8 Å². The first-order valence-corrected chi connectivity index (χ1v) is 6.75. The molecule has 0 saturated heterocycles. The van der Waals surface area contributed by atoms with E-state index in [0.717, 1.165) is 17.0 Å². The Hall–Kier alpha value is -1.82. The molecule has 6 nitrogen and oxygen atoms in total. The molecule has 108 valence electrons. The number of aryl methyl sites for hydroxylation is 2. The Morgan fingerprint density at radius 3 is 2.40 bits per heavy atom. The van der Waals surface area contributed by atoms with Crippen molar-refractivity contribution in [3.63, 3.8) is 0 Å². The van der Waals surface area contributed by atoms with Crippen LogP contribution in [0.15, 0.2) is 9.59 Å². The summed E-state index contributed by atoms with van der Waals surface area (Å²) in [6.45, 7) is 5.79. The molecule has 0 aliphatic rings. The number of hydrogen-bond donors (Lipinski definition) is 1. The molecule has 20 heavy (non-hydrogen) atoms. The van der Waals surface area contributed by atoms with E-state index in [1.807, 2.05) is 27.8 Å². The molecule has 0 unspecified atom stereocenters. The van der Waals surface area contributed by atoms with Gasteiger partial charge in [-0.1, -0.05) is 18.5 Å². The van der Waals surface area contributed by atoms with Crippen molar-refractivity contribution in [1.29, 1.82) is 0 Å². The van der Waals surface area contributed by atoms with Crippen molar-refractivity contribution in [3.05, 3.63) is 48.5 Å². The Bertz CT molecular complexity index is 770. The van der Waals surface area contributed by atoms with Crippen LogP contribution in [-0.2, 0) is 20.0 Å². The molecule has 2 heterocycles. The highest BCUT2D eigenvalue weighted by atomic mass is 35.5. The molecule has 0 aliphatic heterocycles. The number of aromatic amines is 1. The predicted octanol–water partition coefficient (Wildman–Crippen LogP) is 1.15. The van der Waals surface area contributed by atoms with Crippen LogP contribution in [0.4, 0.5) is 0 Å². The molecule has 2 aromatic rings. The Balaban J connectivity index is 2.60. The second-order valence-corrected chi connectivity index (χ2v) is 5.12. The number of rotatable bonds is 3. The summed E-state index contributed by atoms with van der Waals surface area (Å²) in [7, 11) is 1.83. The third kappa shape index (κ3) is 2.31. The van der Waals surface area contributed by atoms with Gasteiger partial charge in [0.25, 0.3) is 5.56 Å². The van der Waals surface area contributed by atoms with E-state index in [9.17, 15) is 9.59 Å². The quantitative estimate of drug-likeness (QED) is 0.864. The van der Waals surface area contributed by atoms with Gasteiger partial charge < -0.3 is 0 Å². The second-order valence-electron chi connectivity index (χ2n) is 4.74. The minimum Gasteiger partial charge on any atom is -0.297 e. The molecule has 2 aromatic heterocycles. The molecule has 2 rings (SSSR count). The average Bonchev–Trinajstić information content (AvgIpc) is 2.60. The summed E-state index contributed by atoms with van der Waals surface area (Å²) in [5.74, 6) is 0. The molecule has 0 radical (unpaired) electrons. The van der Waals surface area contributed by atoms with Crippen LogP contribution in [0.1, 0.15) is 29.4 Å². The maximum absolute atomic E-state index is 12.3. The first-order valence-electron chi connectivity index (χ1n) is 6.37. The summed E-state index contributed by atoms with van der Waals surface area (Å²) in [4.78, 5) is 26.8. The molecule has 0 saturated carbocycles. The number of hydrogen-bond acceptors (Lipinski definition) is 3. The molecule has 0 fully saturated rings. The lowest BCUT2D eigenvalue weighted by molar-refractivity contribution is 0.678. The van der Waals surface area contributed by atoms with E-state index in [1.54, 1.807) is 4.68 Å². The van der Waals surface area contributed by atoms with E-state index >= 15 is 0 Å². The average molecular weight is 297 g/mol. The third-order valence-electron chi connectivity index (χ3n) is 3.56. The Morgan fingerprint density at radius 1 is 1.25 bits per heavy atom.